The first-order valence-electron chi connectivity index (χ1n) is 18.5. The number of nitrogens with one attached hydrogen (secondary N) is 2. The van der Waals surface area contributed by atoms with Crippen molar-refractivity contribution in [2.24, 2.45) is 5.92 Å². The molecule has 4 amide bonds. The number of hydrogen-bond donors (Lipinski definition) is 2. The number of methoxy groups -OCH3 is 1. The molecule has 5 aliphatic rings. The first kappa shape index (κ1) is 33.9. The lowest BCUT2D eigenvalue weighted by molar-refractivity contribution is -0.136. The Balaban J connectivity index is 0.731. The summed E-state index contributed by atoms with van der Waals surface area (Å²) in [5.41, 5.74) is 4.79. The van der Waals surface area contributed by atoms with Gasteiger partial charge in [-0.3, -0.25) is 34.1 Å². The van der Waals surface area contributed by atoms with E-state index in [9.17, 15) is 19.2 Å². The highest BCUT2D eigenvalue weighted by Crippen LogP contribution is 2.43. The molecule has 5 aromatic rings. The molecule has 8 heterocycles. The summed E-state index contributed by atoms with van der Waals surface area (Å²) in [5, 5.41) is 16.6. The predicted octanol–water partition coefficient (Wildman–Crippen LogP) is 3.43. The molecule has 4 fully saturated rings. The monoisotopic (exact) mass is 764 g/mol. The van der Waals surface area contributed by atoms with E-state index in [4.69, 9.17) is 26.2 Å². The number of anilines is 2. The maximum Gasteiger partial charge on any atom is 0.262 e. The van der Waals surface area contributed by atoms with Gasteiger partial charge in [0, 0.05) is 74.6 Å². The van der Waals surface area contributed by atoms with Crippen LogP contribution < -0.4 is 20.3 Å². The molecule has 3 atom stereocenters. The van der Waals surface area contributed by atoms with Crippen LogP contribution in [0, 0.1) is 5.92 Å². The minimum Gasteiger partial charge on any atom is -0.495 e. The number of hydrogen-bond acceptors (Lipinski definition) is 12. The zero-order valence-electron chi connectivity index (χ0n) is 29.9. The van der Waals surface area contributed by atoms with Gasteiger partial charge in [-0.1, -0.05) is 11.6 Å². The predicted molar refractivity (Wildman–Crippen MR) is 199 cm³/mol. The fourth-order valence-corrected chi connectivity index (χ4v) is 8.65. The summed E-state index contributed by atoms with van der Waals surface area (Å²) < 4.78 is 15.5. The third-order valence-electron chi connectivity index (χ3n) is 11.5. The normalized spacial score (nSPS) is 23.4. The number of fused-ring (bicyclic) bond motifs is 3. The molecule has 4 saturated heterocycles. The fourth-order valence-electron chi connectivity index (χ4n) is 8.51. The first-order chi connectivity index (χ1) is 26.7. The standard InChI is InChI=1S/C38H37ClN10O6/c1-54-31-12-28-21(10-29(31)42-36-33(55-36)27-14-41-48-19-22(39)13-40-34(27)48)18-47(44-28)23-6-8-45(9-7-23)15-20-16-46(17-20)24-2-3-25-26(11-24)38(53)49(37(25)52)30-4-5-32(50)43-35(30)51/h2-3,10-14,18-20,23,30,33,36,42H,4-9,15-17H2,1H3,(H,43,50,51). The Morgan fingerprint density at radius 2 is 1.82 bits per heavy atom. The topological polar surface area (TPSA) is 172 Å². The van der Waals surface area contributed by atoms with Gasteiger partial charge in [0.25, 0.3) is 11.8 Å². The lowest BCUT2D eigenvalue weighted by Gasteiger charge is -2.44. The molecular weight excluding hydrogens is 728 g/mol. The van der Waals surface area contributed by atoms with Gasteiger partial charge in [-0.05, 0) is 43.5 Å². The van der Waals surface area contributed by atoms with E-state index >= 15 is 0 Å². The summed E-state index contributed by atoms with van der Waals surface area (Å²) in [6.07, 6.45) is 8.97. The Morgan fingerprint density at radius 1 is 1.00 bits per heavy atom. The summed E-state index contributed by atoms with van der Waals surface area (Å²) in [6.45, 7) is 4.66. The van der Waals surface area contributed by atoms with Crippen molar-refractivity contribution in [3.05, 3.63) is 76.8 Å². The third kappa shape index (κ3) is 5.95. The van der Waals surface area contributed by atoms with Crippen LogP contribution in [0.2, 0.25) is 5.02 Å². The van der Waals surface area contributed by atoms with E-state index in [-0.39, 0.29) is 25.2 Å². The molecule has 0 spiro atoms. The number of rotatable bonds is 9. The van der Waals surface area contributed by atoms with E-state index in [1.165, 1.54) is 0 Å². The Labute approximate surface area is 319 Å². The molecule has 5 aliphatic heterocycles. The van der Waals surface area contributed by atoms with Crippen molar-refractivity contribution in [2.75, 3.05) is 50.1 Å². The van der Waals surface area contributed by atoms with Crippen molar-refractivity contribution in [1.29, 1.82) is 0 Å². The van der Waals surface area contributed by atoms with Crippen LogP contribution in [0.1, 0.15) is 64.1 Å². The number of amides is 4. The van der Waals surface area contributed by atoms with Gasteiger partial charge in [0.1, 0.15) is 17.9 Å². The van der Waals surface area contributed by atoms with Gasteiger partial charge in [-0.15, -0.1) is 0 Å². The molecule has 0 bridgehead atoms. The van der Waals surface area contributed by atoms with Gasteiger partial charge in [0.05, 0.1) is 58.5 Å². The van der Waals surface area contributed by atoms with Crippen molar-refractivity contribution in [1.82, 2.24) is 39.5 Å². The van der Waals surface area contributed by atoms with Crippen LogP contribution >= 0.6 is 11.6 Å². The maximum absolute atomic E-state index is 13.3. The lowest BCUT2D eigenvalue weighted by atomic mass is 9.95. The zero-order chi connectivity index (χ0) is 37.5. The van der Waals surface area contributed by atoms with Gasteiger partial charge >= 0.3 is 0 Å². The van der Waals surface area contributed by atoms with Gasteiger partial charge in [0.2, 0.25) is 11.8 Å². The molecule has 17 heteroatoms. The Bertz CT molecular complexity index is 2420. The highest BCUT2D eigenvalue weighted by atomic mass is 35.5. The van der Waals surface area contributed by atoms with Gasteiger partial charge < -0.3 is 24.6 Å². The number of aromatic nitrogens is 5. The molecule has 10 rings (SSSR count). The van der Waals surface area contributed by atoms with Gasteiger partial charge in [-0.25, -0.2) is 9.50 Å². The second kappa shape index (κ2) is 13.0. The average molecular weight is 765 g/mol. The molecule has 282 valence electrons. The number of benzene rings is 2. The van der Waals surface area contributed by atoms with Crippen LogP contribution in [0.25, 0.3) is 16.6 Å². The quantitative estimate of drug-likeness (QED) is 0.166. The molecule has 55 heavy (non-hydrogen) atoms. The summed E-state index contributed by atoms with van der Waals surface area (Å²) in [4.78, 5) is 60.6. The number of likely N-dealkylation sites (tertiary alicyclic amines) is 1. The van der Waals surface area contributed by atoms with Crippen LogP contribution in [0.4, 0.5) is 11.4 Å². The first-order valence-corrected chi connectivity index (χ1v) is 18.9. The number of epoxide rings is 1. The number of imide groups is 2. The number of carbonyl (C=O) groups is 4. The molecule has 2 aromatic carbocycles. The Morgan fingerprint density at radius 3 is 2.62 bits per heavy atom. The molecule has 0 aliphatic carbocycles. The van der Waals surface area contributed by atoms with E-state index < -0.39 is 29.7 Å². The van der Waals surface area contributed by atoms with Crippen LogP contribution in [0.15, 0.2) is 55.1 Å². The summed E-state index contributed by atoms with van der Waals surface area (Å²) in [5.74, 6) is -0.784. The summed E-state index contributed by atoms with van der Waals surface area (Å²) in [6, 6.07) is 8.66. The van der Waals surface area contributed by atoms with Gasteiger partial charge in [0.15, 0.2) is 11.9 Å². The van der Waals surface area contributed by atoms with Crippen molar-refractivity contribution in [3.8, 4) is 5.75 Å². The zero-order valence-corrected chi connectivity index (χ0v) is 30.6. The van der Waals surface area contributed by atoms with E-state index in [0.717, 1.165) is 78.3 Å². The number of nitrogens with zero attached hydrogens (tertiary/aromatic N) is 8. The number of ether oxygens (including phenoxy) is 2. The van der Waals surface area contributed by atoms with Crippen molar-refractivity contribution < 1.29 is 28.7 Å². The molecule has 0 radical (unpaired) electrons. The van der Waals surface area contributed by atoms with E-state index in [0.29, 0.717) is 39.5 Å². The number of piperidine rings is 2. The van der Waals surface area contributed by atoms with Crippen molar-refractivity contribution >= 4 is 63.2 Å². The van der Waals surface area contributed by atoms with Crippen LogP contribution in [0.5, 0.6) is 5.75 Å². The largest absolute Gasteiger partial charge is 0.495 e. The minimum absolute atomic E-state index is 0.0944. The second-order valence-electron chi connectivity index (χ2n) is 15.0. The second-order valence-corrected chi connectivity index (χ2v) is 15.4. The molecule has 0 saturated carbocycles. The van der Waals surface area contributed by atoms with E-state index in [2.05, 4.69) is 47.5 Å². The number of carbonyl (C=O) groups excluding carboxylic acids is 4. The molecular formula is C38H37ClN10O6. The van der Waals surface area contributed by atoms with Crippen LogP contribution in [-0.2, 0) is 14.3 Å². The molecule has 3 unspecified atom stereocenters. The van der Waals surface area contributed by atoms with Gasteiger partial charge in [-0.2, -0.15) is 10.2 Å². The van der Waals surface area contributed by atoms with Crippen LogP contribution in [-0.4, -0.2) is 110 Å². The van der Waals surface area contributed by atoms with E-state index in [1.54, 1.807) is 42.3 Å². The number of halogens is 1. The Hall–Kier alpha value is -5.58. The summed E-state index contributed by atoms with van der Waals surface area (Å²) in [7, 11) is 1.65. The molecule has 2 N–H and O–H groups in total. The lowest BCUT2D eigenvalue weighted by Crippen LogP contribution is -2.54. The minimum atomic E-state index is -0.968. The van der Waals surface area contributed by atoms with Crippen molar-refractivity contribution in [3.63, 3.8) is 0 Å². The third-order valence-corrected chi connectivity index (χ3v) is 11.7. The fraction of sp³-hybridized carbons (Fsp3) is 0.395. The SMILES string of the molecule is COc1cc2nn(C3CCN(CC4CN(c5ccc6c(c5)C(=O)N(C5CCC(=O)NC5=O)C6=O)C4)CC3)cc2cc1NC1OC1c1cnn2cc(Cl)cnc12. The smallest absolute Gasteiger partial charge is 0.262 e. The Kier molecular flexibility index (Phi) is 8.04. The van der Waals surface area contributed by atoms with E-state index in [1.807, 2.05) is 12.1 Å². The molecule has 16 nitrogen and oxygen atoms in total. The summed E-state index contributed by atoms with van der Waals surface area (Å²) >= 11 is 6.07. The van der Waals surface area contributed by atoms with Crippen LogP contribution in [0.3, 0.4) is 0 Å². The molecule has 3 aromatic heterocycles. The van der Waals surface area contributed by atoms with Crippen molar-refractivity contribution in [2.45, 2.75) is 50.1 Å². The highest BCUT2D eigenvalue weighted by Gasteiger charge is 2.46. The maximum atomic E-state index is 13.3. The highest BCUT2D eigenvalue weighted by molar-refractivity contribution is 6.30. The average Bonchev–Trinajstić information content (AvgIpc) is 3.47.